The molecule has 0 heterocycles. The summed E-state index contributed by atoms with van der Waals surface area (Å²) in [6.07, 6.45) is 0. The van der Waals surface area contributed by atoms with Crippen molar-refractivity contribution in [2.45, 2.75) is 10.6 Å². The molecule has 0 saturated carbocycles. The van der Waals surface area contributed by atoms with Gasteiger partial charge in [0, 0.05) is 16.7 Å². The number of nitro groups is 1. The van der Waals surface area contributed by atoms with E-state index in [1.54, 1.807) is 31.0 Å². The van der Waals surface area contributed by atoms with E-state index >= 15 is 0 Å². The number of benzene rings is 2. The van der Waals surface area contributed by atoms with Crippen molar-refractivity contribution in [2.24, 2.45) is 0 Å². The number of ether oxygens (including phenoxy) is 1. The summed E-state index contributed by atoms with van der Waals surface area (Å²) in [5.74, 6) is 1.40. The highest BCUT2D eigenvalue weighted by atomic mass is 35.5. The molecule has 0 unspecified atom stereocenters. The van der Waals surface area contributed by atoms with E-state index in [-0.39, 0.29) is 10.7 Å². The fraction of sp³-hybridized carbons (Fsp3) is 0.143. The molecule has 2 aromatic rings. The van der Waals surface area contributed by atoms with Crippen LogP contribution >= 0.6 is 23.4 Å². The van der Waals surface area contributed by atoms with Gasteiger partial charge in [0.1, 0.15) is 10.8 Å². The lowest BCUT2D eigenvalue weighted by molar-refractivity contribution is -0.384. The molecule has 0 atom stereocenters. The minimum Gasteiger partial charge on any atom is -0.496 e. The normalized spacial score (nSPS) is 10.3. The van der Waals surface area contributed by atoms with Crippen molar-refractivity contribution < 1.29 is 9.66 Å². The Morgan fingerprint density at radius 2 is 2.05 bits per heavy atom. The molecule has 0 bridgehead atoms. The standard InChI is InChI=1S/C14H12ClNO3S/c1-19-13-4-2-3-5-14(13)20-9-10-6-7-11(15)12(8-10)16(17)18/h2-8H,9H2,1H3. The van der Waals surface area contributed by atoms with Crippen LogP contribution in [0.1, 0.15) is 5.56 Å². The molecule has 0 amide bonds. The monoisotopic (exact) mass is 309 g/mol. The average molecular weight is 310 g/mol. The zero-order chi connectivity index (χ0) is 14.5. The van der Waals surface area contributed by atoms with E-state index in [0.29, 0.717) is 5.75 Å². The summed E-state index contributed by atoms with van der Waals surface area (Å²) in [5.41, 5.74) is 0.779. The van der Waals surface area contributed by atoms with Crippen molar-refractivity contribution in [2.75, 3.05) is 7.11 Å². The van der Waals surface area contributed by atoms with Crippen molar-refractivity contribution in [1.29, 1.82) is 0 Å². The van der Waals surface area contributed by atoms with Crippen LogP contribution in [0.15, 0.2) is 47.4 Å². The van der Waals surface area contributed by atoms with Gasteiger partial charge in [-0.25, -0.2) is 0 Å². The SMILES string of the molecule is COc1ccccc1SCc1ccc(Cl)c([N+](=O)[O-])c1. The first kappa shape index (κ1) is 14.7. The van der Waals surface area contributed by atoms with Gasteiger partial charge in [0.25, 0.3) is 5.69 Å². The third kappa shape index (κ3) is 3.43. The lowest BCUT2D eigenvalue weighted by Gasteiger charge is -2.07. The van der Waals surface area contributed by atoms with Gasteiger partial charge in [-0.05, 0) is 23.8 Å². The highest BCUT2D eigenvalue weighted by Gasteiger charge is 2.13. The number of rotatable bonds is 5. The van der Waals surface area contributed by atoms with Crippen LogP contribution in [0, 0.1) is 10.1 Å². The summed E-state index contributed by atoms with van der Waals surface area (Å²) >= 11 is 7.35. The van der Waals surface area contributed by atoms with Gasteiger partial charge in [-0.2, -0.15) is 0 Å². The van der Waals surface area contributed by atoms with Gasteiger partial charge < -0.3 is 4.74 Å². The quantitative estimate of drug-likeness (QED) is 0.462. The first-order chi connectivity index (χ1) is 9.61. The van der Waals surface area contributed by atoms with Crippen molar-refractivity contribution in [1.82, 2.24) is 0 Å². The average Bonchev–Trinajstić information content (AvgIpc) is 2.46. The fourth-order valence-corrected chi connectivity index (χ4v) is 2.84. The molecule has 6 heteroatoms. The number of methoxy groups -OCH3 is 1. The zero-order valence-electron chi connectivity index (χ0n) is 10.7. The van der Waals surface area contributed by atoms with Crippen molar-refractivity contribution in [3.05, 3.63) is 63.2 Å². The van der Waals surface area contributed by atoms with Crippen LogP contribution in [0.4, 0.5) is 5.69 Å². The summed E-state index contributed by atoms with van der Waals surface area (Å²) in [4.78, 5) is 11.4. The molecule has 0 N–H and O–H groups in total. The van der Waals surface area contributed by atoms with Gasteiger partial charge >= 0.3 is 0 Å². The molecule has 0 radical (unpaired) electrons. The van der Waals surface area contributed by atoms with Gasteiger partial charge in [-0.1, -0.05) is 29.8 Å². The maximum absolute atomic E-state index is 10.8. The van der Waals surface area contributed by atoms with Gasteiger partial charge in [-0.15, -0.1) is 11.8 Å². The van der Waals surface area contributed by atoms with Crippen LogP contribution in [-0.4, -0.2) is 12.0 Å². The van der Waals surface area contributed by atoms with E-state index in [1.165, 1.54) is 6.07 Å². The second kappa shape index (κ2) is 6.63. The number of nitro benzene ring substituents is 1. The van der Waals surface area contributed by atoms with Gasteiger partial charge in [-0.3, -0.25) is 10.1 Å². The molecule has 0 aliphatic carbocycles. The molecule has 20 heavy (non-hydrogen) atoms. The fourth-order valence-electron chi connectivity index (χ4n) is 1.69. The molecule has 0 aliphatic heterocycles. The van der Waals surface area contributed by atoms with Crippen LogP contribution in [0.5, 0.6) is 5.75 Å². The van der Waals surface area contributed by atoms with Crippen LogP contribution in [0.25, 0.3) is 0 Å². The number of nitrogens with zero attached hydrogens (tertiary/aromatic N) is 1. The molecule has 0 aromatic heterocycles. The van der Waals surface area contributed by atoms with Crippen molar-refractivity contribution in [3.8, 4) is 5.75 Å². The van der Waals surface area contributed by atoms with E-state index in [1.807, 2.05) is 24.3 Å². The molecule has 0 aliphatic rings. The summed E-state index contributed by atoms with van der Waals surface area (Å²) in [6, 6.07) is 12.5. The van der Waals surface area contributed by atoms with E-state index in [9.17, 15) is 10.1 Å². The zero-order valence-corrected chi connectivity index (χ0v) is 12.3. The largest absolute Gasteiger partial charge is 0.496 e. The van der Waals surface area contributed by atoms with Gasteiger partial charge in [0.2, 0.25) is 0 Å². The Bertz CT molecular complexity index is 634. The van der Waals surface area contributed by atoms with Crippen molar-refractivity contribution >= 4 is 29.1 Å². The molecule has 0 fully saturated rings. The van der Waals surface area contributed by atoms with Crippen LogP contribution in [0.3, 0.4) is 0 Å². The molecule has 104 valence electrons. The lowest BCUT2D eigenvalue weighted by atomic mass is 10.2. The van der Waals surface area contributed by atoms with E-state index in [2.05, 4.69) is 0 Å². The van der Waals surface area contributed by atoms with E-state index in [0.717, 1.165) is 16.2 Å². The summed E-state index contributed by atoms with van der Waals surface area (Å²) in [7, 11) is 1.62. The van der Waals surface area contributed by atoms with Crippen molar-refractivity contribution in [3.63, 3.8) is 0 Å². The number of para-hydroxylation sites is 1. The molecule has 0 spiro atoms. The second-order valence-corrected chi connectivity index (χ2v) is 5.41. The molecular weight excluding hydrogens is 298 g/mol. The maximum Gasteiger partial charge on any atom is 0.288 e. The Morgan fingerprint density at radius 1 is 1.30 bits per heavy atom. The van der Waals surface area contributed by atoms with E-state index in [4.69, 9.17) is 16.3 Å². The maximum atomic E-state index is 10.8. The number of hydrogen-bond donors (Lipinski definition) is 0. The summed E-state index contributed by atoms with van der Waals surface area (Å²) in [6.45, 7) is 0. The Balaban J connectivity index is 2.15. The molecule has 2 rings (SSSR count). The third-order valence-electron chi connectivity index (χ3n) is 2.67. The summed E-state index contributed by atoms with van der Waals surface area (Å²) < 4.78 is 5.26. The minimum atomic E-state index is -0.473. The second-order valence-electron chi connectivity index (χ2n) is 3.98. The Labute approximate surface area is 125 Å². The molecular formula is C14H12ClNO3S. The highest BCUT2D eigenvalue weighted by molar-refractivity contribution is 7.98. The Morgan fingerprint density at radius 3 is 2.75 bits per heavy atom. The van der Waals surface area contributed by atoms with Gasteiger partial charge in [0.15, 0.2) is 0 Å². The van der Waals surface area contributed by atoms with Crippen LogP contribution < -0.4 is 4.74 Å². The topological polar surface area (TPSA) is 52.4 Å². The molecule has 4 nitrogen and oxygen atoms in total. The predicted octanol–water partition coefficient (Wildman–Crippen LogP) is 4.55. The smallest absolute Gasteiger partial charge is 0.288 e. The van der Waals surface area contributed by atoms with E-state index < -0.39 is 4.92 Å². The third-order valence-corrected chi connectivity index (χ3v) is 4.12. The predicted molar refractivity (Wildman–Crippen MR) is 80.7 cm³/mol. The first-order valence-electron chi connectivity index (χ1n) is 5.80. The van der Waals surface area contributed by atoms with Crippen LogP contribution in [0.2, 0.25) is 5.02 Å². The molecule has 0 saturated heterocycles. The number of halogens is 1. The summed E-state index contributed by atoms with van der Waals surface area (Å²) in [5, 5.41) is 11.0. The lowest BCUT2D eigenvalue weighted by Crippen LogP contribution is -1.91. The Hall–Kier alpha value is -1.72. The minimum absolute atomic E-state index is 0.0650. The number of thioether (sulfide) groups is 1. The van der Waals surface area contributed by atoms with Gasteiger partial charge in [0.05, 0.1) is 12.0 Å². The molecule has 2 aromatic carbocycles. The first-order valence-corrected chi connectivity index (χ1v) is 7.17. The number of hydrogen-bond acceptors (Lipinski definition) is 4. The highest BCUT2D eigenvalue weighted by Crippen LogP contribution is 2.33. The van der Waals surface area contributed by atoms with Crippen LogP contribution in [-0.2, 0) is 5.75 Å². The Kier molecular flexibility index (Phi) is 4.87.